The van der Waals surface area contributed by atoms with E-state index in [9.17, 15) is 13.2 Å². The molecule has 0 aromatic heterocycles. The second-order valence-electron chi connectivity index (χ2n) is 4.30. The van der Waals surface area contributed by atoms with Crippen molar-refractivity contribution in [2.24, 2.45) is 5.92 Å². The summed E-state index contributed by atoms with van der Waals surface area (Å²) < 4.78 is 22.5. The maximum absolute atomic E-state index is 11.8. The number of carbonyl (C=O) groups excluding carboxylic acids is 1. The van der Waals surface area contributed by atoms with Gasteiger partial charge in [-0.05, 0) is 12.3 Å². The van der Waals surface area contributed by atoms with Crippen LogP contribution in [0.3, 0.4) is 0 Å². The quantitative estimate of drug-likeness (QED) is 0.617. The van der Waals surface area contributed by atoms with Crippen LogP contribution in [-0.2, 0) is 14.6 Å². The maximum atomic E-state index is 11.8. The maximum Gasteiger partial charge on any atom is 0.223 e. The average Bonchev–Trinajstić information content (AvgIpc) is 2.57. The lowest BCUT2D eigenvalue weighted by Gasteiger charge is -2.22. The summed E-state index contributed by atoms with van der Waals surface area (Å²) in [5.41, 5.74) is 0. The van der Waals surface area contributed by atoms with Crippen molar-refractivity contribution in [2.45, 2.75) is 12.8 Å². The summed E-state index contributed by atoms with van der Waals surface area (Å²) in [6, 6.07) is 0. The predicted octanol–water partition coefficient (Wildman–Crippen LogP) is -1.38. The van der Waals surface area contributed by atoms with Gasteiger partial charge in [0.2, 0.25) is 5.91 Å². The molecular weight excluding hydrogens is 246 g/mol. The van der Waals surface area contributed by atoms with E-state index in [2.05, 4.69) is 0 Å². The minimum absolute atomic E-state index is 0.0742. The molecule has 2 N–H and O–H groups in total. The van der Waals surface area contributed by atoms with Crippen molar-refractivity contribution in [3.8, 4) is 0 Å². The molecule has 1 aliphatic rings. The fraction of sp³-hybridized carbons (Fsp3) is 0.900. The molecule has 0 aromatic rings. The molecule has 0 spiro atoms. The van der Waals surface area contributed by atoms with E-state index >= 15 is 0 Å². The van der Waals surface area contributed by atoms with Gasteiger partial charge in [-0.2, -0.15) is 0 Å². The first-order valence-corrected chi connectivity index (χ1v) is 7.50. The van der Waals surface area contributed by atoms with Gasteiger partial charge in [0, 0.05) is 19.5 Å². The Bertz CT molecular complexity index is 348. The zero-order valence-corrected chi connectivity index (χ0v) is 10.5. The molecule has 1 amide bonds. The van der Waals surface area contributed by atoms with Crippen LogP contribution in [0.4, 0.5) is 0 Å². The van der Waals surface area contributed by atoms with Crippen molar-refractivity contribution in [2.75, 3.05) is 37.8 Å². The molecule has 0 aliphatic carbocycles. The molecule has 1 atom stereocenters. The Morgan fingerprint density at radius 1 is 1.24 bits per heavy atom. The minimum atomic E-state index is -2.96. The number of amides is 1. The number of aliphatic hydroxyl groups is 2. The van der Waals surface area contributed by atoms with E-state index < -0.39 is 9.84 Å². The van der Waals surface area contributed by atoms with Gasteiger partial charge in [0.15, 0.2) is 9.84 Å². The molecule has 1 rings (SSSR count). The van der Waals surface area contributed by atoms with Crippen molar-refractivity contribution in [1.82, 2.24) is 4.90 Å². The van der Waals surface area contributed by atoms with Crippen LogP contribution in [0.25, 0.3) is 0 Å². The Kier molecular flexibility index (Phi) is 5.35. The first kappa shape index (κ1) is 14.4. The van der Waals surface area contributed by atoms with Gasteiger partial charge in [0.05, 0.1) is 24.7 Å². The third kappa shape index (κ3) is 4.61. The van der Waals surface area contributed by atoms with Crippen LogP contribution in [0.1, 0.15) is 12.8 Å². The van der Waals surface area contributed by atoms with Crippen LogP contribution < -0.4 is 0 Å². The molecule has 100 valence electrons. The van der Waals surface area contributed by atoms with Crippen molar-refractivity contribution in [1.29, 1.82) is 0 Å². The van der Waals surface area contributed by atoms with Crippen LogP contribution in [0.15, 0.2) is 0 Å². The van der Waals surface area contributed by atoms with Crippen molar-refractivity contribution >= 4 is 15.7 Å². The topological polar surface area (TPSA) is 94.9 Å². The van der Waals surface area contributed by atoms with E-state index in [1.54, 1.807) is 0 Å². The highest BCUT2D eigenvalue weighted by Crippen LogP contribution is 2.22. The fourth-order valence-electron chi connectivity index (χ4n) is 2.01. The summed E-state index contributed by atoms with van der Waals surface area (Å²) in [4.78, 5) is 13.2. The molecule has 0 bridgehead atoms. The summed E-state index contributed by atoms with van der Waals surface area (Å²) >= 11 is 0. The summed E-state index contributed by atoms with van der Waals surface area (Å²) in [6.07, 6.45) is 0.708. The SMILES string of the molecule is O=C(CC1CCS(=O)(=O)C1)N(CCO)CCO. The number of rotatable bonds is 6. The van der Waals surface area contributed by atoms with Crippen LogP contribution in [-0.4, -0.2) is 67.2 Å². The zero-order valence-electron chi connectivity index (χ0n) is 9.71. The molecule has 0 radical (unpaired) electrons. The van der Waals surface area contributed by atoms with E-state index in [1.165, 1.54) is 4.90 Å². The molecule has 17 heavy (non-hydrogen) atoms. The predicted molar refractivity (Wildman–Crippen MR) is 62.1 cm³/mol. The van der Waals surface area contributed by atoms with Gasteiger partial charge in [0.1, 0.15) is 0 Å². The number of hydrogen-bond donors (Lipinski definition) is 2. The van der Waals surface area contributed by atoms with E-state index in [4.69, 9.17) is 10.2 Å². The molecule has 1 fully saturated rings. The Morgan fingerprint density at radius 3 is 2.24 bits per heavy atom. The second-order valence-corrected chi connectivity index (χ2v) is 6.53. The summed E-state index contributed by atoms with van der Waals surface area (Å²) in [5, 5.41) is 17.6. The van der Waals surface area contributed by atoms with Gasteiger partial charge in [-0.15, -0.1) is 0 Å². The Hall–Kier alpha value is -0.660. The molecule has 1 unspecified atom stereocenters. The third-order valence-electron chi connectivity index (χ3n) is 2.88. The highest BCUT2D eigenvalue weighted by Gasteiger charge is 2.30. The van der Waals surface area contributed by atoms with E-state index in [-0.39, 0.29) is 56.1 Å². The molecular formula is C10H19NO5S. The van der Waals surface area contributed by atoms with E-state index in [0.717, 1.165) is 0 Å². The monoisotopic (exact) mass is 265 g/mol. The minimum Gasteiger partial charge on any atom is -0.395 e. The molecule has 1 saturated heterocycles. The van der Waals surface area contributed by atoms with Gasteiger partial charge >= 0.3 is 0 Å². The van der Waals surface area contributed by atoms with E-state index in [1.807, 2.05) is 0 Å². The molecule has 0 aromatic carbocycles. The summed E-state index contributed by atoms with van der Waals surface area (Å²) in [7, 11) is -2.96. The number of nitrogens with zero attached hydrogens (tertiary/aromatic N) is 1. The Balaban J connectivity index is 2.47. The van der Waals surface area contributed by atoms with Crippen LogP contribution in [0.2, 0.25) is 0 Å². The average molecular weight is 265 g/mol. The van der Waals surface area contributed by atoms with Crippen LogP contribution in [0, 0.1) is 5.92 Å². The first-order chi connectivity index (χ1) is 7.98. The molecule has 7 heteroatoms. The highest BCUT2D eigenvalue weighted by molar-refractivity contribution is 7.91. The van der Waals surface area contributed by atoms with Gasteiger partial charge in [0.25, 0.3) is 0 Å². The van der Waals surface area contributed by atoms with Crippen LogP contribution in [0.5, 0.6) is 0 Å². The largest absolute Gasteiger partial charge is 0.395 e. The van der Waals surface area contributed by atoms with Crippen molar-refractivity contribution < 1.29 is 23.4 Å². The fourth-order valence-corrected chi connectivity index (χ4v) is 3.87. The van der Waals surface area contributed by atoms with Crippen molar-refractivity contribution in [3.63, 3.8) is 0 Å². The molecule has 0 saturated carbocycles. The van der Waals surface area contributed by atoms with Gasteiger partial charge in [-0.3, -0.25) is 4.79 Å². The van der Waals surface area contributed by atoms with Crippen LogP contribution >= 0.6 is 0 Å². The van der Waals surface area contributed by atoms with Gasteiger partial charge < -0.3 is 15.1 Å². The number of aliphatic hydroxyl groups excluding tert-OH is 2. The standard InChI is InChI=1S/C10H19NO5S/c12-4-2-11(3-5-13)10(14)7-9-1-6-17(15,16)8-9/h9,12-13H,1-8H2. The lowest BCUT2D eigenvalue weighted by Crippen LogP contribution is -2.36. The number of carbonyl (C=O) groups is 1. The molecule has 1 heterocycles. The Labute approximate surface area is 101 Å². The number of hydrogen-bond acceptors (Lipinski definition) is 5. The molecule has 6 nitrogen and oxygen atoms in total. The Morgan fingerprint density at radius 2 is 1.82 bits per heavy atom. The lowest BCUT2D eigenvalue weighted by atomic mass is 10.0. The smallest absolute Gasteiger partial charge is 0.223 e. The van der Waals surface area contributed by atoms with E-state index in [0.29, 0.717) is 6.42 Å². The van der Waals surface area contributed by atoms with Crippen molar-refractivity contribution in [3.05, 3.63) is 0 Å². The molecule has 1 aliphatic heterocycles. The number of sulfone groups is 1. The highest BCUT2D eigenvalue weighted by atomic mass is 32.2. The lowest BCUT2D eigenvalue weighted by molar-refractivity contribution is -0.133. The zero-order chi connectivity index (χ0) is 12.9. The summed E-state index contributed by atoms with van der Waals surface area (Å²) in [5.74, 6) is -0.0851. The second kappa shape index (κ2) is 6.32. The first-order valence-electron chi connectivity index (χ1n) is 5.68. The third-order valence-corrected chi connectivity index (χ3v) is 4.72. The van der Waals surface area contributed by atoms with Gasteiger partial charge in [-0.25, -0.2) is 8.42 Å². The summed E-state index contributed by atoms with van der Waals surface area (Å²) in [6.45, 7) is 0.0428. The van der Waals surface area contributed by atoms with Gasteiger partial charge in [-0.1, -0.05) is 0 Å². The normalized spacial score (nSPS) is 22.6.